The van der Waals surface area contributed by atoms with Gasteiger partial charge < -0.3 is 5.11 Å². The molecule has 2 rings (SSSR count). The number of nitrogens with zero attached hydrogens (tertiary/aromatic N) is 1. The van der Waals surface area contributed by atoms with E-state index in [9.17, 15) is 5.11 Å². The number of aliphatic hydroxyl groups is 1. The highest BCUT2D eigenvalue weighted by atomic mass is 32.1. The maximum absolute atomic E-state index is 11.1. The van der Waals surface area contributed by atoms with Crippen molar-refractivity contribution >= 4 is 11.3 Å². The van der Waals surface area contributed by atoms with E-state index in [1.54, 1.807) is 11.3 Å². The molecule has 1 N–H and O–H groups in total. The first-order chi connectivity index (χ1) is 8.40. The second kappa shape index (κ2) is 5.30. The van der Waals surface area contributed by atoms with Crippen LogP contribution >= 0.6 is 11.3 Å². The summed E-state index contributed by atoms with van der Waals surface area (Å²) in [6.07, 6.45) is 4.06. The molecule has 102 valence electrons. The van der Waals surface area contributed by atoms with Crippen LogP contribution in [0.25, 0.3) is 0 Å². The van der Waals surface area contributed by atoms with Crippen molar-refractivity contribution in [1.29, 1.82) is 0 Å². The molecule has 1 saturated carbocycles. The smallest absolute Gasteiger partial charge is 0.0956 e. The quantitative estimate of drug-likeness (QED) is 0.903. The molecule has 0 bridgehead atoms. The summed E-state index contributed by atoms with van der Waals surface area (Å²) in [6.45, 7) is 8.75. The number of hydrogen-bond acceptors (Lipinski definition) is 3. The van der Waals surface area contributed by atoms with Crippen LogP contribution in [0.4, 0.5) is 0 Å². The first-order valence-electron chi connectivity index (χ1n) is 7.04. The third kappa shape index (κ3) is 2.94. The molecule has 1 aromatic rings. The second-order valence-electron chi connectivity index (χ2n) is 6.40. The van der Waals surface area contributed by atoms with Crippen LogP contribution in [0, 0.1) is 24.7 Å². The normalized spacial score (nSPS) is 33.0. The summed E-state index contributed by atoms with van der Waals surface area (Å²) in [5.41, 5.74) is 0.527. The largest absolute Gasteiger partial charge is 0.389 e. The molecular formula is C15H25NOS. The molecule has 2 nitrogen and oxygen atoms in total. The Bertz CT molecular complexity index is 401. The third-order valence-electron chi connectivity index (χ3n) is 4.29. The van der Waals surface area contributed by atoms with Gasteiger partial charge in [0.2, 0.25) is 0 Å². The Morgan fingerprint density at radius 1 is 1.50 bits per heavy atom. The minimum absolute atomic E-state index is 0.415. The SMILES string of the molecule is Cc1csc(CC2(O)CC(C)CCC2C(C)C)n1. The topological polar surface area (TPSA) is 33.1 Å². The lowest BCUT2D eigenvalue weighted by Gasteiger charge is -2.44. The van der Waals surface area contributed by atoms with E-state index in [1.807, 2.05) is 6.92 Å². The maximum atomic E-state index is 11.1. The van der Waals surface area contributed by atoms with Gasteiger partial charge in [-0.2, -0.15) is 0 Å². The van der Waals surface area contributed by atoms with Crippen LogP contribution in [0.2, 0.25) is 0 Å². The summed E-state index contributed by atoms with van der Waals surface area (Å²) in [6, 6.07) is 0. The Hall–Kier alpha value is -0.410. The molecule has 0 saturated heterocycles. The van der Waals surface area contributed by atoms with Crippen molar-refractivity contribution in [3.63, 3.8) is 0 Å². The maximum Gasteiger partial charge on any atom is 0.0956 e. The van der Waals surface area contributed by atoms with Gasteiger partial charge in [0, 0.05) is 17.5 Å². The van der Waals surface area contributed by atoms with Crippen molar-refractivity contribution in [2.24, 2.45) is 17.8 Å². The summed E-state index contributed by atoms with van der Waals surface area (Å²) in [5.74, 6) is 1.59. The van der Waals surface area contributed by atoms with Gasteiger partial charge in [-0.1, -0.05) is 27.2 Å². The van der Waals surface area contributed by atoms with Crippen LogP contribution < -0.4 is 0 Å². The van der Waals surface area contributed by atoms with Crippen molar-refractivity contribution in [2.45, 2.75) is 59.0 Å². The van der Waals surface area contributed by atoms with Gasteiger partial charge in [0.05, 0.1) is 10.6 Å². The molecule has 0 spiro atoms. The van der Waals surface area contributed by atoms with E-state index in [4.69, 9.17) is 0 Å². The average molecular weight is 267 g/mol. The third-order valence-corrected chi connectivity index (χ3v) is 5.26. The zero-order chi connectivity index (χ0) is 13.3. The molecule has 0 aromatic carbocycles. The van der Waals surface area contributed by atoms with Gasteiger partial charge in [-0.05, 0) is 37.5 Å². The summed E-state index contributed by atoms with van der Waals surface area (Å²) in [5, 5.41) is 14.3. The van der Waals surface area contributed by atoms with Crippen LogP contribution in [-0.4, -0.2) is 15.7 Å². The van der Waals surface area contributed by atoms with Gasteiger partial charge in [-0.15, -0.1) is 11.3 Å². The molecule has 3 unspecified atom stereocenters. The van der Waals surface area contributed by atoms with E-state index in [-0.39, 0.29) is 0 Å². The summed E-state index contributed by atoms with van der Waals surface area (Å²) in [4.78, 5) is 4.53. The zero-order valence-electron chi connectivity index (χ0n) is 11.9. The van der Waals surface area contributed by atoms with Crippen LogP contribution in [0.5, 0.6) is 0 Å². The Labute approximate surface area is 114 Å². The van der Waals surface area contributed by atoms with Crippen LogP contribution in [0.15, 0.2) is 5.38 Å². The summed E-state index contributed by atoms with van der Waals surface area (Å²) >= 11 is 1.69. The van der Waals surface area contributed by atoms with Crippen LogP contribution in [-0.2, 0) is 6.42 Å². The van der Waals surface area contributed by atoms with E-state index >= 15 is 0 Å². The molecule has 0 amide bonds. The number of rotatable bonds is 3. The van der Waals surface area contributed by atoms with Crippen molar-refractivity contribution < 1.29 is 5.11 Å². The molecular weight excluding hydrogens is 242 g/mol. The predicted octanol–water partition coefficient (Wildman–Crippen LogP) is 3.82. The van der Waals surface area contributed by atoms with Gasteiger partial charge in [-0.3, -0.25) is 0 Å². The first kappa shape index (κ1) is 14.0. The molecule has 1 aliphatic rings. The Morgan fingerprint density at radius 3 is 2.78 bits per heavy atom. The molecule has 0 radical (unpaired) electrons. The minimum Gasteiger partial charge on any atom is -0.389 e. The lowest BCUT2D eigenvalue weighted by molar-refractivity contribution is -0.0795. The molecule has 18 heavy (non-hydrogen) atoms. The Balaban J connectivity index is 2.18. The highest BCUT2D eigenvalue weighted by Crippen LogP contribution is 2.43. The molecule has 1 fully saturated rings. The second-order valence-corrected chi connectivity index (χ2v) is 7.34. The Kier molecular flexibility index (Phi) is 4.12. The molecule has 3 heteroatoms. The van der Waals surface area contributed by atoms with E-state index in [2.05, 4.69) is 31.1 Å². The van der Waals surface area contributed by atoms with E-state index in [1.165, 1.54) is 6.42 Å². The first-order valence-corrected chi connectivity index (χ1v) is 7.92. The molecule has 0 aliphatic heterocycles. The van der Waals surface area contributed by atoms with Gasteiger partial charge in [0.25, 0.3) is 0 Å². The lowest BCUT2D eigenvalue weighted by Crippen LogP contribution is -2.47. The highest BCUT2D eigenvalue weighted by molar-refractivity contribution is 7.09. The monoisotopic (exact) mass is 267 g/mol. The van der Waals surface area contributed by atoms with Gasteiger partial charge >= 0.3 is 0 Å². The van der Waals surface area contributed by atoms with Gasteiger partial charge in [0.15, 0.2) is 0 Å². The fraction of sp³-hybridized carbons (Fsp3) is 0.800. The van der Waals surface area contributed by atoms with Crippen molar-refractivity contribution in [3.8, 4) is 0 Å². The predicted molar refractivity (Wildman–Crippen MR) is 76.8 cm³/mol. The van der Waals surface area contributed by atoms with E-state index in [0.29, 0.717) is 17.8 Å². The fourth-order valence-corrected chi connectivity index (χ4v) is 4.38. The van der Waals surface area contributed by atoms with E-state index in [0.717, 1.165) is 30.0 Å². The standard InChI is InChI=1S/C15H25NOS/c1-10(2)13-6-5-11(3)7-15(13,17)8-14-16-12(4)9-18-14/h9-11,13,17H,5-8H2,1-4H3. The number of aromatic nitrogens is 1. The minimum atomic E-state index is -0.546. The van der Waals surface area contributed by atoms with Crippen LogP contribution in [0.1, 0.15) is 50.7 Å². The van der Waals surface area contributed by atoms with E-state index < -0.39 is 5.60 Å². The van der Waals surface area contributed by atoms with Crippen molar-refractivity contribution in [2.75, 3.05) is 0 Å². The fourth-order valence-electron chi connectivity index (χ4n) is 3.49. The lowest BCUT2D eigenvalue weighted by atomic mass is 9.66. The Morgan fingerprint density at radius 2 is 2.22 bits per heavy atom. The number of aryl methyl sites for hydroxylation is 1. The molecule has 1 aliphatic carbocycles. The van der Waals surface area contributed by atoms with Crippen molar-refractivity contribution in [1.82, 2.24) is 4.98 Å². The zero-order valence-corrected chi connectivity index (χ0v) is 12.8. The molecule has 3 atom stereocenters. The summed E-state index contributed by atoms with van der Waals surface area (Å²) in [7, 11) is 0. The van der Waals surface area contributed by atoms with Crippen molar-refractivity contribution in [3.05, 3.63) is 16.1 Å². The number of hydrogen-bond donors (Lipinski definition) is 1. The number of thiazole rings is 1. The summed E-state index contributed by atoms with van der Waals surface area (Å²) < 4.78 is 0. The molecule has 1 aromatic heterocycles. The average Bonchev–Trinajstić information content (AvgIpc) is 2.62. The van der Waals surface area contributed by atoms with Gasteiger partial charge in [0.1, 0.15) is 0 Å². The van der Waals surface area contributed by atoms with Gasteiger partial charge in [-0.25, -0.2) is 4.98 Å². The molecule has 1 heterocycles. The van der Waals surface area contributed by atoms with Crippen LogP contribution in [0.3, 0.4) is 0 Å². The highest BCUT2D eigenvalue weighted by Gasteiger charge is 2.43.